The monoisotopic (exact) mass is 471 g/mol. The lowest BCUT2D eigenvalue weighted by Gasteiger charge is -2.24. The van der Waals surface area contributed by atoms with Crippen molar-refractivity contribution in [2.75, 3.05) is 18.0 Å². The van der Waals surface area contributed by atoms with E-state index in [1.165, 1.54) is 12.1 Å². The number of sulfonamides is 1. The minimum atomic E-state index is -4.04. The number of nitrogens with zero attached hydrogens (tertiary/aromatic N) is 2. The number of methoxy groups -OCH3 is 1. The Balaban J connectivity index is 1.85. The third-order valence-electron chi connectivity index (χ3n) is 4.60. The number of nitrogens with one attached hydrogen (secondary N) is 1. The van der Waals surface area contributed by atoms with Crippen molar-refractivity contribution in [1.29, 1.82) is 0 Å². The van der Waals surface area contributed by atoms with Gasteiger partial charge in [-0.1, -0.05) is 41.9 Å². The van der Waals surface area contributed by atoms with E-state index in [4.69, 9.17) is 16.3 Å². The van der Waals surface area contributed by atoms with Crippen LogP contribution in [-0.4, -0.2) is 33.7 Å². The fourth-order valence-corrected chi connectivity index (χ4v) is 4.63. The molecule has 0 aromatic heterocycles. The summed E-state index contributed by atoms with van der Waals surface area (Å²) in [4.78, 5) is 12.7. The summed E-state index contributed by atoms with van der Waals surface area (Å²) in [5.41, 5.74) is 3.95. The molecule has 1 amide bonds. The van der Waals surface area contributed by atoms with Gasteiger partial charge in [-0.3, -0.25) is 9.10 Å². The summed E-state index contributed by atoms with van der Waals surface area (Å²) in [6.07, 6.45) is 0. The zero-order valence-electron chi connectivity index (χ0n) is 17.5. The molecule has 3 rings (SSSR count). The normalized spacial score (nSPS) is 11.7. The topological polar surface area (TPSA) is 88.1 Å². The molecule has 0 aliphatic carbocycles. The fraction of sp³-hybridized carbons (Fsp3) is 0.130. The molecule has 0 saturated carbocycles. The van der Waals surface area contributed by atoms with E-state index in [0.29, 0.717) is 11.5 Å². The number of hydrazone groups is 1. The molecular weight excluding hydrogens is 450 g/mol. The number of ether oxygens (including phenoxy) is 1. The van der Waals surface area contributed by atoms with Gasteiger partial charge in [-0.15, -0.1) is 0 Å². The third-order valence-corrected chi connectivity index (χ3v) is 6.69. The predicted octanol–water partition coefficient (Wildman–Crippen LogP) is 4.08. The van der Waals surface area contributed by atoms with E-state index in [2.05, 4.69) is 10.5 Å². The molecule has 0 aliphatic rings. The van der Waals surface area contributed by atoms with Crippen LogP contribution in [0.15, 0.2) is 88.9 Å². The van der Waals surface area contributed by atoms with E-state index in [-0.39, 0.29) is 15.6 Å². The van der Waals surface area contributed by atoms with Gasteiger partial charge < -0.3 is 4.74 Å². The van der Waals surface area contributed by atoms with Crippen molar-refractivity contribution in [1.82, 2.24) is 5.43 Å². The highest BCUT2D eigenvalue weighted by atomic mass is 35.5. The summed E-state index contributed by atoms with van der Waals surface area (Å²) in [6.45, 7) is 1.23. The van der Waals surface area contributed by atoms with Crippen LogP contribution in [0.25, 0.3) is 0 Å². The first-order valence-electron chi connectivity index (χ1n) is 9.63. The molecule has 0 heterocycles. The highest BCUT2D eigenvalue weighted by molar-refractivity contribution is 7.92. The number of carbonyl (C=O) groups is 1. The molecule has 0 radical (unpaired) electrons. The van der Waals surface area contributed by atoms with Crippen LogP contribution in [0.4, 0.5) is 5.69 Å². The maximum atomic E-state index is 13.3. The number of amides is 1. The molecular formula is C23H22ClN3O4S. The molecule has 0 saturated heterocycles. The molecule has 3 aromatic carbocycles. The first-order valence-corrected chi connectivity index (χ1v) is 11.4. The number of anilines is 1. The zero-order chi connectivity index (χ0) is 23.1. The largest absolute Gasteiger partial charge is 0.497 e. The lowest BCUT2D eigenvalue weighted by atomic mass is 10.1. The van der Waals surface area contributed by atoms with Gasteiger partial charge in [-0.05, 0) is 61.0 Å². The molecule has 1 N–H and O–H groups in total. The molecule has 0 atom stereocenters. The van der Waals surface area contributed by atoms with E-state index < -0.39 is 22.5 Å². The lowest BCUT2D eigenvalue weighted by molar-refractivity contribution is -0.119. The van der Waals surface area contributed by atoms with E-state index in [9.17, 15) is 13.2 Å². The Bertz CT molecular complexity index is 1210. The van der Waals surface area contributed by atoms with Crippen molar-refractivity contribution < 1.29 is 17.9 Å². The van der Waals surface area contributed by atoms with Crippen LogP contribution in [0.1, 0.15) is 12.5 Å². The summed E-state index contributed by atoms with van der Waals surface area (Å²) < 4.78 is 32.7. The van der Waals surface area contributed by atoms with Gasteiger partial charge in [0.1, 0.15) is 12.3 Å². The summed E-state index contributed by atoms with van der Waals surface area (Å²) in [5, 5.41) is 4.30. The number of hydrogen-bond donors (Lipinski definition) is 1. The van der Waals surface area contributed by atoms with Crippen molar-refractivity contribution in [2.45, 2.75) is 11.8 Å². The van der Waals surface area contributed by atoms with Gasteiger partial charge in [-0.2, -0.15) is 5.10 Å². The second-order valence-corrected chi connectivity index (χ2v) is 9.01. The van der Waals surface area contributed by atoms with Gasteiger partial charge >= 0.3 is 0 Å². The molecule has 0 unspecified atom stereocenters. The van der Waals surface area contributed by atoms with E-state index in [0.717, 1.165) is 9.87 Å². The van der Waals surface area contributed by atoms with Crippen LogP contribution in [0, 0.1) is 0 Å². The maximum Gasteiger partial charge on any atom is 0.264 e. The fourth-order valence-electron chi connectivity index (χ4n) is 2.88. The third kappa shape index (κ3) is 5.46. The Labute approximate surface area is 192 Å². The molecule has 0 bridgehead atoms. The summed E-state index contributed by atoms with van der Waals surface area (Å²) in [5.74, 6) is 0.0874. The number of rotatable bonds is 8. The summed E-state index contributed by atoms with van der Waals surface area (Å²) in [6, 6.07) is 21.5. The van der Waals surface area contributed by atoms with Crippen LogP contribution < -0.4 is 14.5 Å². The van der Waals surface area contributed by atoms with Crippen molar-refractivity contribution in [3.63, 3.8) is 0 Å². The van der Waals surface area contributed by atoms with Crippen LogP contribution in [0.2, 0.25) is 5.02 Å². The Hall–Kier alpha value is -3.36. The lowest BCUT2D eigenvalue weighted by Crippen LogP contribution is -2.40. The van der Waals surface area contributed by atoms with Gasteiger partial charge in [0, 0.05) is 0 Å². The molecule has 0 aliphatic heterocycles. The van der Waals surface area contributed by atoms with Crippen LogP contribution in [0.5, 0.6) is 5.75 Å². The number of para-hydroxylation sites is 1. The summed E-state index contributed by atoms with van der Waals surface area (Å²) >= 11 is 6.25. The highest BCUT2D eigenvalue weighted by Gasteiger charge is 2.28. The molecule has 3 aromatic rings. The Kier molecular flexibility index (Phi) is 7.50. The molecule has 0 fully saturated rings. The quantitative estimate of drug-likeness (QED) is 0.396. The van der Waals surface area contributed by atoms with Gasteiger partial charge in [0.2, 0.25) is 0 Å². The second-order valence-electron chi connectivity index (χ2n) is 6.74. The number of halogens is 1. The molecule has 0 spiro atoms. The molecule has 7 nitrogen and oxygen atoms in total. The Morgan fingerprint density at radius 3 is 2.25 bits per heavy atom. The Morgan fingerprint density at radius 1 is 1.00 bits per heavy atom. The predicted molar refractivity (Wildman–Crippen MR) is 126 cm³/mol. The zero-order valence-corrected chi connectivity index (χ0v) is 19.1. The van der Waals surface area contributed by atoms with Crippen LogP contribution >= 0.6 is 11.6 Å². The van der Waals surface area contributed by atoms with E-state index in [1.807, 2.05) is 0 Å². The van der Waals surface area contributed by atoms with Gasteiger partial charge in [0.15, 0.2) is 0 Å². The SMILES string of the molecule is COc1ccc(/C(C)=N\NC(=O)CN(c2ccccc2Cl)S(=O)(=O)c2ccccc2)cc1. The van der Waals surface area contributed by atoms with Gasteiger partial charge in [0.05, 0.1) is 28.4 Å². The standard InChI is InChI=1S/C23H22ClN3O4S/c1-17(18-12-14-19(31-2)15-13-18)25-26-23(28)16-27(22-11-7-6-10-21(22)24)32(29,30)20-8-4-3-5-9-20/h3-15H,16H2,1-2H3,(H,26,28)/b25-17-. The average molecular weight is 472 g/mol. The number of hydrogen-bond acceptors (Lipinski definition) is 5. The van der Waals surface area contributed by atoms with Crippen molar-refractivity contribution in [2.24, 2.45) is 5.10 Å². The maximum absolute atomic E-state index is 13.3. The molecule has 166 valence electrons. The highest BCUT2D eigenvalue weighted by Crippen LogP contribution is 2.30. The smallest absolute Gasteiger partial charge is 0.264 e. The molecule has 9 heteroatoms. The number of benzene rings is 3. The Morgan fingerprint density at radius 2 is 1.62 bits per heavy atom. The minimum Gasteiger partial charge on any atom is -0.497 e. The van der Waals surface area contributed by atoms with Crippen LogP contribution in [0.3, 0.4) is 0 Å². The summed E-state index contributed by atoms with van der Waals surface area (Å²) in [7, 11) is -2.47. The van der Waals surface area contributed by atoms with E-state index >= 15 is 0 Å². The second kappa shape index (κ2) is 10.3. The average Bonchev–Trinajstić information content (AvgIpc) is 2.82. The van der Waals surface area contributed by atoms with Crippen molar-refractivity contribution in [3.8, 4) is 5.75 Å². The molecule has 32 heavy (non-hydrogen) atoms. The van der Waals surface area contributed by atoms with Crippen molar-refractivity contribution >= 4 is 38.9 Å². The minimum absolute atomic E-state index is 0.0469. The van der Waals surface area contributed by atoms with E-state index in [1.54, 1.807) is 80.8 Å². The van der Waals surface area contributed by atoms with Gasteiger partial charge in [-0.25, -0.2) is 13.8 Å². The van der Waals surface area contributed by atoms with Gasteiger partial charge in [0.25, 0.3) is 15.9 Å². The van der Waals surface area contributed by atoms with Crippen LogP contribution in [-0.2, 0) is 14.8 Å². The van der Waals surface area contributed by atoms with Crippen molar-refractivity contribution in [3.05, 3.63) is 89.4 Å². The first-order chi connectivity index (χ1) is 15.3. The number of carbonyl (C=O) groups excluding carboxylic acids is 1. The first kappa shape index (κ1) is 23.3.